The highest BCUT2D eigenvalue weighted by Crippen LogP contribution is 2.54. The van der Waals surface area contributed by atoms with Gasteiger partial charge >= 0.3 is 34.6 Å². The molecule has 312 valence electrons. The molecule has 2 unspecified atom stereocenters. The molecule has 0 saturated heterocycles. The fourth-order valence-corrected chi connectivity index (χ4v) is 10.3. The van der Waals surface area contributed by atoms with Gasteiger partial charge < -0.3 is 23.0 Å². The van der Waals surface area contributed by atoms with E-state index in [0.29, 0.717) is 54.1 Å². The van der Waals surface area contributed by atoms with E-state index in [1.165, 1.54) is 12.1 Å². The lowest BCUT2D eigenvalue weighted by atomic mass is 10.1. The van der Waals surface area contributed by atoms with E-state index in [1.807, 2.05) is 124 Å². The van der Waals surface area contributed by atoms with Crippen molar-refractivity contribution in [3.8, 4) is 40.2 Å². The normalized spacial score (nSPS) is 13.1. The first-order chi connectivity index (χ1) is 28.1. The first-order valence-electron chi connectivity index (χ1n) is 19.9. The fourth-order valence-electron chi connectivity index (χ4n) is 6.58. The summed E-state index contributed by atoms with van der Waals surface area (Å²) in [6.45, 7) is 19.1. The molecule has 2 atom stereocenters. The van der Waals surface area contributed by atoms with Crippen molar-refractivity contribution in [1.82, 2.24) is 0 Å². The molecule has 0 amide bonds. The predicted octanol–water partition coefficient (Wildman–Crippen LogP) is 14.6. The quantitative estimate of drug-likeness (QED) is 0.0700. The van der Waals surface area contributed by atoms with Crippen molar-refractivity contribution in [1.29, 1.82) is 0 Å². The van der Waals surface area contributed by atoms with Crippen molar-refractivity contribution in [2.75, 3.05) is 0 Å². The SMILES string of the molecule is CCC(CC)(Oc1c(C)cccc1C)[P+](=O)Oc1cccc(OP(=O)(Oc2cccc(O[P+](=O)C(CC)(CC)Oc3c(C)cccc3C)c2)Oc2c(C)cccc2C)c1. The number of rotatable bonds is 20. The summed E-state index contributed by atoms with van der Waals surface area (Å²) in [4.78, 5) is 0. The molecule has 0 bridgehead atoms. The van der Waals surface area contributed by atoms with Gasteiger partial charge in [-0.05, 0) is 108 Å². The van der Waals surface area contributed by atoms with Crippen LogP contribution in [0.2, 0.25) is 0 Å². The number of para-hydroxylation sites is 3. The lowest BCUT2D eigenvalue weighted by Gasteiger charge is -2.24. The highest BCUT2D eigenvalue weighted by atomic mass is 31.2. The van der Waals surface area contributed by atoms with Crippen LogP contribution in [0.5, 0.6) is 40.2 Å². The van der Waals surface area contributed by atoms with Gasteiger partial charge in [0.15, 0.2) is 11.5 Å². The molecule has 0 heterocycles. The number of hydrogen-bond acceptors (Lipinski definition) is 10. The molecule has 0 aliphatic carbocycles. The van der Waals surface area contributed by atoms with Crippen LogP contribution in [0.15, 0.2) is 103 Å². The summed E-state index contributed by atoms with van der Waals surface area (Å²) in [5.74, 6) is 2.22. The Hall–Kier alpha value is -4.87. The summed E-state index contributed by atoms with van der Waals surface area (Å²) in [6.07, 6.45) is 1.68. The molecular formula is C46H55O10P3+2. The third-order valence-electron chi connectivity index (χ3n) is 10.3. The zero-order valence-electron chi connectivity index (χ0n) is 35.6. The Morgan fingerprint density at radius 2 is 0.729 bits per heavy atom. The van der Waals surface area contributed by atoms with Crippen LogP contribution in [0.25, 0.3) is 0 Å². The summed E-state index contributed by atoms with van der Waals surface area (Å²) >= 11 is 0. The Morgan fingerprint density at radius 3 is 1.05 bits per heavy atom. The Bertz CT molecular complexity index is 2140. The maximum atomic E-state index is 14.8. The van der Waals surface area contributed by atoms with Crippen LogP contribution < -0.4 is 32.1 Å². The minimum absolute atomic E-state index is 0.0736. The summed E-state index contributed by atoms with van der Waals surface area (Å²) < 4.78 is 86.3. The van der Waals surface area contributed by atoms with Gasteiger partial charge in [0.05, 0.1) is 0 Å². The van der Waals surface area contributed by atoms with Gasteiger partial charge in [0.25, 0.3) is 0 Å². The second kappa shape index (κ2) is 19.5. The van der Waals surface area contributed by atoms with Crippen LogP contribution in [0.4, 0.5) is 0 Å². The first-order valence-corrected chi connectivity index (χ1v) is 23.7. The van der Waals surface area contributed by atoms with Crippen LogP contribution in [-0.4, -0.2) is 10.7 Å². The Morgan fingerprint density at radius 1 is 0.441 bits per heavy atom. The Kier molecular flexibility index (Phi) is 14.9. The zero-order valence-corrected chi connectivity index (χ0v) is 38.3. The summed E-state index contributed by atoms with van der Waals surface area (Å²) in [7, 11) is -9.42. The molecule has 0 N–H and O–H groups in total. The van der Waals surface area contributed by atoms with Crippen molar-refractivity contribution in [3.63, 3.8) is 0 Å². The van der Waals surface area contributed by atoms with Crippen LogP contribution in [-0.2, 0) is 13.7 Å². The molecule has 59 heavy (non-hydrogen) atoms. The van der Waals surface area contributed by atoms with E-state index in [4.69, 9.17) is 32.1 Å². The highest BCUT2D eigenvalue weighted by Gasteiger charge is 2.54. The summed E-state index contributed by atoms with van der Waals surface area (Å²) in [5, 5.41) is -2.24. The lowest BCUT2D eigenvalue weighted by molar-refractivity contribution is 0.133. The summed E-state index contributed by atoms with van der Waals surface area (Å²) in [5.41, 5.74) is 5.13. The molecule has 5 rings (SSSR count). The van der Waals surface area contributed by atoms with Crippen molar-refractivity contribution in [2.45, 2.75) is 106 Å². The average Bonchev–Trinajstić information content (AvgIpc) is 3.20. The van der Waals surface area contributed by atoms with E-state index in [-0.39, 0.29) is 23.0 Å². The van der Waals surface area contributed by atoms with Gasteiger partial charge in [-0.15, -0.1) is 0 Å². The molecule has 0 saturated carbocycles. The van der Waals surface area contributed by atoms with Crippen molar-refractivity contribution < 1.29 is 45.8 Å². The summed E-state index contributed by atoms with van der Waals surface area (Å²) in [6, 6.07) is 29.8. The van der Waals surface area contributed by atoms with E-state index in [0.717, 1.165) is 22.3 Å². The highest BCUT2D eigenvalue weighted by molar-refractivity contribution is 7.49. The maximum Gasteiger partial charge on any atom is 0.647 e. The molecule has 5 aromatic carbocycles. The second-order valence-corrected chi connectivity index (χ2v) is 19.0. The minimum atomic E-state index is -4.56. The number of ether oxygens (including phenoxy) is 2. The van der Waals surface area contributed by atoms with Crippen molar-refractivity contribution >= 4 is 23.9 Å². The zero-order chi connectivity index (χ0) is 43.0. The molecule has 5 aromatic rings. The van der Waals surface area contributed by atoms with Crippen LogP contribution in [0, 0.1) is 41.5 Å². The lowest BCUT2D eigenvalue weighted by Crippen LogP contribution is -2.32. The van der Waals surface area contributed by atoms with Gasteiger partial charge in [0.2, 0.25) is 0 Å². The molecule has 10 nitrogen and oxygen atoms in total. The van der Waals surface area contributed by atoms with E-state index in [1.54, 1.807) is 36.4 Å². The standard InChI is InChI=1S/C46H55O10P3/c1-11-45(12-2,50-42-32(5)20-15-21-33(42)6)57(47)52-38-26-18-28-40(30-38)54-59(49,56-44-36(9)24-17-25-37(44)10)55-41-29-19-27-39(31-41)53-58(48)46(13-3,14-4)51-43-34(7)22-16-23-35(43)8/h15-31H,11-14H2,1-10H3/q+2. The largest absolute Gasteiger partial charge is 0.647 e. The van der Waals surface area contributed by atoms with E-state index >= 15 is 0 Å². The molecule has 0 aromatic heterocycles. The molecule has 0 aliphatic rings. The van der Waals surface area contributed by atoms with E-state index < -0.39 is 34.6 Å². The average molecular weight is 861 g/mol. The number of hydrogen-bond donors (Lipinski definition) is 0. The minimum Gasteiger partial charge on any atom is -0.441 e. The molecule has 0 radical (unpaired) electrons. The van der Waals surface area contributed by atoms with Gasteiger partial charge in [-0.3, -0.25) is 9.05 Å². The third-order valence-corrected chi connectivity index (χ3v) is 15.1. The monoisotopic (exact) mass is 860 g/mol. The van der Waals surface area contributed by atoms with Crippen LogP contribution in [0.1, 0.15) is 86.8 Å². The van der Waals surface area contributed by atoms with Gasteiger partial charge in [-0.2, -0.15) is 4.57 Å². The van der Waals surface area contributed by atoms with Crippen LogP contribution >= 0.6 is 23.9 Å². The molecule has 0 spiro atoms. The van der Waals surface area contributed by atoms with Crippen molar-refractivity contribution in [2.24, 2.45) is 0 Å². The molecule has 13 heteroatoms. The fraction of sp³-hybridized carbons (Fsp3) is 0.348. The number of phosphoric ester groups is 1. The Labute approximate surface area is 350 Å². The van der Waals surface area contributed by atoms with Gasteiger partial charge in [-0.1, -0.05) is 94.4 Å². The van der Waals surface area contributed by atoms with Gasteiger partial charge in [0, 0.05) is 37.8 Å². The molecule has 0 aliphatic heterocycles. The molecular weight excluding hydrogens is 805 g/mol. The predicted molar refractivity (Wildman–Crippen MR) is 234 cm³/mol. The second-order valence-electron chi connectivity index (χ2n) is 14.5. The van der Waals surface area contributed by atoms with E-state index in [9.17, 15) is 13.7 Å². The first kappa shape index (κ1) is 45.2. The topological polar surface area (TPSA) is 116 Å². The smallest absolute Gasteiger partial charge is 0.441 e. The van der Waals surface area contributed by atoms with Crippen LogP contribution in [0.3, 0.4) is 0 Å². The van der Waals surface area contributed by atoms with Gasteiger partial charge in [-0.25, -0.2) is 0 Å². The maximum absolute atomic E-state index is 14.8. The number of aryl methyl sites for hydroxylation is 6. The van der Waals surface area contributed by atoms with Crippen molar-refractivity contribution in [3.05, 3.63) is 137 Å². The van der Waals surface area contributed by atoms with Gasteiger partial charge in [0.1, 0.15) is 28.7 Å². The number of benzene rings is 5. The van der Waals surface area contributed by atoms with E-state index in [2.05, 4.69) is 0 Å². The third kappa shape index (κ3) is 10.7. The Balaban J connectivity index is 1.42. The number of phosphoric acid groups is 1. The molecule has 0 fully saturated rings.